The molecule has 0 saturated heterocycles. The van der Waals surface area contributed by atoms with Gasteiger partial charge in [-0.3, -0.25) is 9.59 Å². The molecule has 7 heteroatoms. The number of amides is 1. The van der Waals surface area contributed by atoms with E-state index >= 15 is 0 Å². The van der Waals surface area contributed by atoms with Gasteiger partial charge in [0.15, 0.2) is 0 Å². The van der Waals surface area contributed by atoms with Crippen LogP contribution in [0.5, 0.6) is 0 Å². The molecule has 0 bridgehead atoms. The molecule has 0 aromatic carbocycles. The molecular weight excluding hydrogens is 265 g/mol. The van der Waals surface area contributed by atoms with Gasteiger partial charge in [0.2, 0.25) is 6.41 Å². The third kappa shape index (κ3) is 8.72. The van der Waals surface area contributed by atoms with Crippen molar-refractivity contribution in [2.75, 3.05) is 18.6 Å². The zero-order valence-electron chi connectivity index (χ0n) is 11.8. The summed E-state index contributed by atoms with van der Waals surface area (Å²) in [7, 11) is -0.697. The number of nitrogens with one attached hydrogen (secondary N) is 1. The van der Waals surface area contributed by atoms with E-state index < -0.39 is 7.12 Å². The van der Waals surface area contributed by atoms with Crippen molar-refractivity contribution >= 4 is 31.3 Å². The SMILES string of the molecule is CCC(=O)OB1OCC=CCC1NC=O.CCSC. The fraction of sp³-hybridized carbons (Fsp3) is 0.667. The highest BCUT2D eigenvalue weighted by molar-refractivity contribution is 7.98. The standard InChI is InChI=1S/C9H14BNO4.C3H8S/c1-2-9(13)15-10-8(11-7-12)5-3-4-6-14-10;1-3-4-2/h3-4,7-8H,2,5-6H2,1H3,(H,11,12);3H2,1-2H3. The van der Waals surface area contributed by atoms with E-state index in [2.05, 4.69) is 18.5 Å². The lowest BCUT2D eigenvalue weighted by Crippen LogP contribution is -2.46. The molecule has 1 unspecified atom stereocenters. The molecule has 0 fully saturated rings. The van der Waals surface area contributed by atoms with Gasteiger partial charge in [0, 0.05) is 6.42 Å². The van der Waals surface area contributed by atoms with Crippen molar-refractivity contribution in [3.05, 3.63) is 12.2 Å². The summed E-state index contributed by atoms with van der Waals surface area (Å²) in [6.45, 7) is 4.24. The first-order valence-corrected chi connectivity index (χ1v) is 7.73. The molecular formula is C12H22BNO4S. The second kappa shape index (κ2) is 12.1. The molecule has 0 aliphatic carbocycles. The Morgan fingerprint density at radius 2 is 2.26 bits per heavy atom. The van der Waals surface area contributed by atoms with Crippen LogP contribution in [0.15, 0.2) is 12.2 Å². The Morgan fingerprint density at radius 3 is 2.79 bits per heavy atom. The van der Waals surface area contributed by atoms with Gasteiger partial charge in [-0.2, -0.15) is 11.8 Å². The first kappa shape index (κ1) is 18.1. The van der Waals surface area contributed by atoms with Crippen LogP contribution in [-0.2, 0) is 18.9 Å². The highest BCUT2D eigenvalue weighted by atomic mass is 32.2. The third-order valence-electron chi connectivity index (χ3n) is 2.35. The minimum Gasteiger partial charge on any atom is -0.508 e. The number of carbonyl (C=O) groups excluding carboxylic acids is 2. The molecule has 1 aliphatic heterocycles. The van der Waals surface area contributed by atoms with Crippen molar-refractivity contribution in [2.24, 2.45) is 0 Å². The highest BCUT2D eigenvalue weighted by Gasteiger charge is 2.33. The van der Waals surface area contributed by atoms with Crippen LogP contribution in [-0.4, -0.2) is 44.1 Å². The van der Waals surface area contributed by atoms with E-state index in [1.54, 1.807) is 6.92 Å². The lowest BCUT2D eigenvalue weighted by molar-refractivity contribution is -0.135. The van der Waals surface area contributed by atoms with Gasteiger partial charge in [-0.25, -0.2) is 0 Å². The topological polar surface area (TPSA) is 64.6 Å². The Kier molecular flexibility index (Phi) is 11.5. The predicted octanol–water partition coefficient (Wildman–Crippen LogP) is 1.43. The maximum Gasteiger partial charge on any atom is 0.551 e. The molecule has 1 atom stereocenters. The Balaban J connectivity index is 0.000000711. The van der Waals surface area contributed by atoms with Crippen LogP contribution in [0.3, 0.4) is 0 Å². The van der Waals surface area contributed by atoms with Gasteiger partial charge in [0.25, 0.3) is 5.97 Å². The smallest absolute Gasteiger partial charge is 0.508 e. The van der Waals surface area contributed by atoms with E-state index in [1.807, 2.05) is 23.9 Å². The zero-order chi connectivity index (χ0) is 14.5. The van der Waals surface area contributed by atoms with Gasteiger partial charge < -0.3 is 14.6 Å². The Hall–Kier alpha value is -0.945. The fourth-order valence-electron chi connectivity index (χ4n) is 1.25. The lowest BCUT2D eigenvalue weighted by atomic mass is 9.76. The Morgan fingerprint density at radius 1 is 1.58 bits per heavy atom. The summed E-state index contributed by atoms with van der Waals surface area (Å²) in [5, 5.41) is 2.57. The van der Waals surface area contributed by atoms with Crippen molar-refractivity contribution in [1.82, 2.24) is 5.32 Å². The van der Waals surface area contributed by atoms with Crippen LogP contribution < -0.4 is 5.32 Å². The van der Waals surface area contributed by atoms with Crippen LogP contribution in [0.25, 0.3) is 0 Å². The molecule has 1 amide bonds. The zero-order valence-corrected chi connectivity index (χ0v) is 12.6. The van der Waals surface area contributed by atoms with Gasteiger partial charge in [0.05, 0.1) is 12.5 Å². The molecule has 0 radical (unpaired) electrons. The first-order chi connectivity index (χ1) is 9.19. The van der Waals surface area contributed by atoms with Crippen LogP contribution in [0, 0.1) is 0 Å². The molecule has 1 rings (SSSR count). The second-order valence-corrected chi connectivity index (χ2v) is 4.88. The summed E-state index contributed by atoms with van der Waals surface area (Å²) in [6.07, 6.45) is 7.29. The molecule has 1 heterocycles. The molecule has 1 aliphatic rings. The molecule has 1 N–H and O–H groups in total. The Labute approximate surface area is 119 Å². The Bertz CT molecular complexity index is 287. The highest BCUT2D eigenvalue weighted by Crippen LogP contribution is 2.07. The van der Waals surface area contributed by atoms with Crippen molar-refractivity contribution in [1.29, 1.82) is 0 Å². The van der Waals surface area contributed by atoms with E-state index in [1.165, 1.54) is 5.75 Å². The maximum atomic E-state index is 11.1. The number of hydrogen-bond acceptors (Lipinski definition) is 5. The third-order valence-corrected chi connectivity index (χ3v) is 2.93. The van der Waals surface area contributed by atoms with E-state index in [0.29, 0.717) is 25.9 Å². The van der Waals surface area contributed by atoms with Gasteiger partial charge in [-0.05, 0) is 18.4 Å². The normalized spacial score (nSPS) is 17.8. The van der Waals surface area contributed by atoms with Crippen molar-refractivity contribution < 1.29 is 18.9 Å². The average molecular weight is 287 g/mol. The van der Waals surface area contributed by atoms with Crippen molar-refractivity contribution in [3.63, 3.8) is 0 Å². The van der Waals surface area contributed by atoms with E-state index in [9.17, 15) is 9.59 Å². The summed E-state index contributed by atoms with van der Waals surface area (Å²) >= 11 is 1.86. The summed E-state index contributed by atoms with van der Waals surface area (Å²) < 4.78 is 10.4. The molecule has 0 aromatic heterocycles. The van der Waals surface area contributed by atoms with Gasteiger partial charge in [-0.1, -0.05) is 26.0 Å². The second-order valence-electron chi connectivity index (χ2n) is 3.72. The molecule has 108 valence electrons. The van der Waals surface area contributed by atoms with Gasteiger partial charge in [0.1, 0.15) is 0 Å². The molecule has 5 nitrogen and oxygen atoms in total. The largest absolute Gasteiger partial charge is 0.551 e. The minimum atomic E-state index is -0.697. The minimum absolute atomic E-state index is 0.293. The average Bonchev–Trinajstić information content (AvgIpc) is 2.65. The van der Waals surface area contributed by atoms with Crippen molar-refractivity contribution in [2.45, 2.75) is 32.6 Å². The number of rotatable bonds is 5. The summed E-state index contributed by atoms with van der Waals surface area (Å²) in [5.74, 6) is 0.594. The number of thioether (sulfide) groups is 1. The summed E-state index contributed by atoms with van der Waals surface area (Å²) in [4.78, 5) is 21.5. The quantitative estimate of drug-likeness (QED) is 0.471. The molecule has 19 heavy (non-hydrogen) atoms. The molecule has 0 saturated carbocycles. The lowest BCUT2D eigenvalue weighted by Gasteiger charge is -2.19. The van der Waals surface area contributed by atoms with E-state index in [4.69, 9.17) is 9.31 Å². The van der Waals surface area contributed by atoms with Gasteiger partial charge >= 0.3 is 7.12 Å². The fourth-order valence-corrected chi connectivity index (χ4v) is 1.25. The number of carbonyl (C=O) groups is 2. The molecule has 0 aromatic rings. The maximum absolute atomic E-state index is 11.1. The van der Waals surface area contributed by atoms with Crippen LogP contribution in [0.2, 0.25) is 0 Å². The van der Waals surface area contributed by atoms with Crippen LogP contribution in [0.4, 0.5) is 0 Å². The van der Waals surface area contributed by atoms with E-state index in [-0.39, 0.29) is 11.9 Å². The summed E-state index contributed by atoms with van der Waals surface area (Å²) in [6, 6.07) is 0. The van der Waals surface area contributed by atoms with Crippen LogP contribution >= 0.6 is 11.8 Å². The van der Waals surface area contributed by atoms with Crippen molar-refractivity contribution in [3.8, 4) is 0 Å². The molecule has 0 spiro atoms. The van der Waals surface area contributed by atoms with Crippen LogP contribution in [0.1, 0.15) is 26.7 Å². The number of hydrogen-bond donors (Lipinski definition) is 1. The van der Waals surface area contributed by atoms with E-state index in [0.717, 1.165) is 0 Å². The first-order valence-electron chi connectivity index (χ1n) is 6.34. The monoisotopic (exact) mass is 287 g/mol. The summed E-state index contributed by atoms with van der Waals surface area (Å²) in [5.41, 5.74) is 0. The van der Waals surface area contributed by atoms with Gasteiger partial charge in [-0.15, -0.1) is 0 Å². The predicted molar refractivity (Wildman–Crippen MR) is 78.9 cm³/mol.